The Morgan fingerprint density at radius 1 is 1.62 bits per heavy atom. The van der Waals surface area contributed by atoms with E-state index >= 15 is 0 Å². The fraction of sp³-hybridized carbons (Fsp3) is 0.364. The molecule has 0 fully saturated rings. The zero-order valence-electron chi connectivity index (χ0n) is 8.97. The van der Waals surface area contributed by atoms with E-state index in [0.717, 1.165) is 6.42 Å². The third-order valence-corrected chi connectivity index (χ3v) is 2.41. The number of benzene rings is 1. The van der Waals surface area contributed by atoms with Crippen LogP contribution in [-0.2, 0) is 4.79 Å². The van der Waals surface area contributed by atoms with Crippen LogP contribution in [0.4, 0.5) is 10.1 Å². The van der Waals surface area contributed by atoms with Gasteiger partial charge in [0.1, 0.15) is 5.82 Å². The molecule has 5 heteroatoms. The number of carbonyl (C=O) groups excluding carboxylic acids is 1. The fourth-order valence-electron chi connectivity index (χ4n) is 1.25. The van der Waals surface area contributed by atoms with Crippen LogP contribution in [0, 0.1) is 5.82 Å². The maximum atomic E-state index is 12.8. The summed E-state index contributed by atoms with van der Waals surface area (Å²) in [6.07, 6.45) is 1.44. The van der Waals surface area contributed by atoms with Crippen molar-refractivity contribution in [2.45, 2.75) is 25.8 Å². The minimum atomic E-state index is -0.547. The second-order valence-corrected chi connectivity index (χ2v) is 3.92. The zero-order chi connectivity index (χ0) is 12.1. The third kappa shape index (κ3) is 3.47. The first kappa shape index (κ1) is 12.9. The van der Waals surface area contributed by atoms with E-state index in [1.165, 1.54) is 18.2 Å². The number of anilines is 1. The van der Waals surface area contributed by atoms with Crippen molar-refractivity contribution in [2.75, 3.05) is 5.32 Å². The Morgan fingerprint density at radius 3 is 2.88 bits per heavy atom. The number of amides is 1. The van der Waals surface area contributed by atoms with Gasteiger partial charge in [0, 0.05) is 5.69 Å². The lowest BCUT2D eigenvalue weighted by molar-refractivity contribution is -0.117. The molecule has 0 aliphatic rings. The molecule has 0 saturated carbocycles. The van der Waals surface area contributed by atoms with Crippen molar-refractivity contribution in [3.05, 3.63) is 29.0 Å². The molecular weight excluding hydrogens is 231 g/mol. The van der Waals surface area contributed by atoms with Gasteiger partial charge in [-0.3, -0.25) is 4.79 Å². The Morgan fingerprint density at radius 2 is 2.31 bits per heavy atom. The van der Waals surface area contributed by atoms with Crippen molar-refractivity contribution in [1.29, 1.82) is 0 Å². The SMILES string of the molecule is CCCC(N)C(=O)Nc1ccc(F)c(Cl)c1. The Balaban J connectivity index is 2.66. The van der Waals surface area contributed by atoms with Gasteiger partial charge in [-0.25, -0.2) is 4.39 Å². The molecule has 0 aliphatic heterocycles. The third-order valence-electron chi connectivity index (χ3n) is 2.12. The van der Waals surface area contributed by atoms with Gasteiger partial charge < -0.3 is 11.1 Å². The van der Waals surface area contributed by atoms with Gasteiger partial charge in [0.25, 0.3) is 0 Å². The highest BCUT2D eigenvalue weighted by molar-refractivity contribution is 6.31. The standard InChI is InChI=1S/C11H14ClFN2O/c1-2-3-10(14)11(16)15-7-4-5-9(13)8(12)6-7/h4-6,10H,2-3,14H2,1H3,(H,15,16). The molecule has 1 aromatic rings. The molecule has 3 nitrogen and oxygen atoms in total. The molecule has 0 heterocycles. The second-order valence-electron chi connectivity index (χ2n) is 3.51. The molecule has 3 N–H and O–H groups in total. The van der Waals surface area contributed by atoms with Gasteiger partial charge in [-0.2, -0.15) is 0 Å². The van der Waals surface area contributed by atoms with Gasteiger partial charge >= 0.3 is 0 Å². The summed E-state index contributed by atoms with van der Waals surface area (Å²) in [5.74, 6) is -0.804. The van der Waals surface area contributed by atoms with Crippen LogP contribution in [0.15, 0.2) is 18.2 Å². The van der Waals surface area contributed by atoms with Crippen molar-refractivity contribution < 1.29 is 9.18 Å². The van der Waals surface area contributed by atoms with Gasteiger partial charge in [0.15, 0.2) is 0 Å². The summed E-state index contributed by atoms with van der Waals surface area (Å²) in [5.41, 5.74) is 6.07. The summed E-state index contributed by atoms with van der Waals surface area (Å²) >= 11 is 5.58. The van der Waals surface area contributed by atoms with E-state index in [-0.39, 0.29) is 10.9 Å². The van der Waals surface area contributed by atoms with Crippen LogP contribution in [-0.4, -0.2) is 11.9 Å². The smallest absolute Gasteiger partial charge is 0.241 e. The number of rotatable bonds is 4. The summed E-state index contributed by atoms with van der Waals surface area (Å²) in [5, 5.41) is 2.55. The minimum absolute atomic E-state index is 0.0261. The molecule has 1 atom stereocenters. The number of halogens is 2. The zero-order valence-corrected chi connectivity index (χ0v) is 9.72. The normalized spacial score (nSPS) is 12.2. The van der Waals surface area contributed by atoms with Crippen molar-refractivity contribution in [3.8, 4) is 0 Å². The summed E-state index contributed by atoms with van der Waals surface area (Å²) in [6, 6.07) is 3.45. The van der Waals surface area contributed by atoms with E-state index in [4.69, 9.17) is 17.3 Å². The predicted octanol–water partition coefficient (Wildman–Crippen LogP) is 2.55. The Bertz CT molecular complexity index is 384. The first-order valence-electron chi connectivity index (χ1n) is 5.06. The van der Waals surface area contributed by atoms with E-state index in [0.29, 0.717) is 12.1 Å². The summed E-state index contributed by atoms with van der Waals surface area (Å²) < 4.78 is 12.8. The fourth-order valence-corrected chi connectivity index (χ4v) is 1.43. The molecule has 88 valence electrons. The lowest BCUT2D eigenvalue weighted by atomic mass is 10.1. The van der Waals surface area contributed by atoms with Gasteiger partial charge in [-0.1, -0.05) is 24.9 Å². The Labute approximate surface area is 98.8 Å². The van der Waals surface area contributed by atoms with Crippen LogP contribution >= 0.6 is 11.6 Å². The molecule has 1 amide bonds. The average molecular weight is 245 g/mol. The highest BCUT2D eigenvalue weighted by atomic mass is 35.5. The topological polar surface area (TPSA) is 55.1 Å². The first-order valence-corrected chi connectivity index (χ1v) is 5.44. The number of nitrogens with one attached hydrogen (secondary N) is 1. The van der Waals surface area contributed by atoms with Crippen LogP contribution in [0.5, 0.6) is 0 Å². The van der Waals surface area contributed by atoms with Gasteiger partial charge in [-0.05, 0) is 24.6 Å². The molecule has 16 heavy (non-hydrogen) atoms. The van der Waals surface area contributed by atoms with E-state index in [1.807, 2.05) is 6.92 Å². The highest BCUT2D eigenvalue weighted by Gasteiger charge is 2.12. The van der Waals surface area contributed by atoms with Crippen LogP contribution < -0.4 is 11.1 Å². The molecule has 1 unspecified atom stereocenters. The molecule has 0 radical (unpaired) electrons. The monoisotopic (exact) mass is 244 g/mol. The first-order chi connectivity index (χ1) is 7.54. The summed E-state index contributed by atoms with van der Waals surface area (Å²) in [7, 11) is 0. The van der Waals surface area contributed by atoms with Crippen molar-refractivity contribution in [2.24, 2.45) is 5.73 Å². The number of hydrogen-bond acceptors (Lipinski definition) is 2. The largest absolute Gasteiger partial charge is 0.325 e. The highest BCUT2D eigenvalue weighted by Crippen LogP contribution is 2.19. The van der Waals surface area contributed by atoms with Crippen molar-refractivity contribution in [1.82, 2.24) is 0 Å². The van der Waals surface area contributed by atoms with Crippen molar-refractivity contribution >= 4 is 23.2 Å². The maximum absolute atomic E-state index is 12.8. The summed E-state index contributed by atoms with van der Waals surface area (Å²) in [4.78, 5) is 11.5. The van der Waals surface area contributed by atoms with Crippen LogP contribution in [0.2, 0.25) is 5.02 Å². The minimum Gasteiger partial charge on any atom is -0.325 e. The second kappa shape index (κ2) is 5.82. The molecule has 0 aliphatic carbocycles. The lowest BCUT2D eigenvalue weighted by Gasteiger charge is -2.11. The Hall–Kier alpha value is -1.13. The lowest BCUT2D eigenvalue weighted by Crippen LogP contribution is -2.35. The van der Waals surface area contributed by atoms with Crippen LogP contribution in [0.1, 0.15) is 19.8 Å². The molecule has 0 bridgehead atoms. The number of nitrogens with two attached hydrogens (primary N) is 1. The van der Waals surface area contributed by atoms with E-state index < -0.39 is 11.9 Å². The molecule has 0 aromatic heterocycles. The molecular formula is C11H14ClFN2O. The van der Waals surface area contributed by atoms with E-state index in [9.17, 15) is 9.18 Å². The summed E-state index contributed by atoms with van der Waals surface area (Å²) in [6.45, 7) is 1.95. The molecule has 1 rings (SSSR count). The van der Waals surface area contributed by atoms with E-state index in [2.05, 4.69) is 5.32 Å². The molecule has 0 spiro atoms. The molecule has 0 saturated heterocycles. The maximum Gasteiger partial charge on any atom is 0.241 e. The quantitative estimate of drug-likeness (QED) is 0.855. The van der Waals surface area contributed by atoms with Crippen LogP contribution in [0.25, 0.3) is 0 Å². The van der Waals surface area contributed by atoms with Gasteiger partial charge in [0.2, 0.25) is 5.91 Å². The van der Waals surface area contributed by atoms with Crippen molar-refractivity contribution in [3.63, 3.8) is 0 Å². The molecule has 1 aromatic carbocycles. The number of carbonyl (C=O) groups is 1. The Kier molecular flexibility index (Phi) is 4.71. The predicted molar refractivity (Wildman–Crippen MR) is 62.9 cm³/mol. The van der Waals surface area contributed by atoms with Gasteiger partial charge in [0.05, 0.1) is 11.1 Å². The number of hydrogen-bond donors (Lipinski definition) is 2. The average Bonchev–Trinajstić information content (AvgIpc) is 2.24. The van der Waals surface area contributed by atoms with Gasteiger partial charge in [-0.15, -0.1) is 0 Å². The van der Waals surface area contributed by atoms with E-state index in [1.54, 1.807) is 0 Å². The van der Waals surface area contributed by atoms with Crippen LogP contribution in [0.3, 0.4) is 0 Å².